The van der Waals surface area contributed by atoms with Crippen molar-refractivity contribution in [3.63, 3.8) is 0 Å². The fourth-order valence-corrected chi connectivity index (χ4v) is 3.06. The van der Waals surface area contributed by atoms with Gasteiger partial charge in [0.15, 0.2) is 11.5 Å². The predicted octanol–water partition coefficient (Wildman–Crippen LogP) is 1.76. The molecule has 0 aliphatic heterocycles. The van der Waals surface area contributed by atoms with Crippen LogP contribution in [0.2, 0.25) is 0 Å². The fraction of sp³-hybridized carbons (Fsp3) is 0.312. The topological polar surface area (TPSA) is 77.5 Å². The molecular formula is C16H20N2O4S. The number of aromatic nitrogens is 1. The van der Waals surface area contributed by atoms with Crippen molar-refractivity contribution in [2.24, 2.45) is 0 Å². The van der Waals surface area contributed by atoms with E-state index in [9.17, 15) is 8.42 Å². The van der Waals surface area contributed by atoms with Crippen molar-refractivity contribution in [2.75, 3.05) is 20.0 Å². The number of ether oxygens (including phenoxy) is 2. The van der Waals surface area contributed by atoms with Crippen LogP contribution in [0.15, 0.2) is 42.6 Å². The lowest BCUT2D eigenvalue weighted by atomic mass is 10.1. The van der Waals surface area contributed by atoms with Gasteiger partial charge in [0.2, 0.25) is 10.0 Å². The maximum atomic E-state index is 12.1. The molecule has 0 fully saturated rings. The molecule has 6 nitrogen and oxygen atoms in total. The molecule has 1 heterocycles. The second-order valence-corrected chi connectivity index (χ2v) is 6.83. The summed E-state index contributed by atoms with van der Waals surface area (Å²) in [6.45, 7) is 0.190. The number of hydrogen-bond acceptors (Lipinski definition) is 5. The molecule has 1 aromatic heterocycles. The lowest BCUT2D eigenvalue weighted by molar-refractivity contribution is 0.354. The lowest BCUT2D eigenvalue weighted by Crippen LogP contribution is -2.27. The van der Waals surface area contributed by atoms with Crippen molar-refractivity contribution in [2.45, 2.75) is 13.0 Å². The van der Waals surface area contributed by atoms with Crippen molar-refractivity contribution in [3.8, 4) is 11.5 Å². The van der Waals surface area contributed by atoms with E-state index in [1.54, 1.807) is 44.7 Å². The molecule has 1 aromatic carbocycles. The van der Waals surface area contributed by atoms with E-state index >= 15 is 0 Å². The van der Waals surface area contributed by atoms with Gasteiger partial charge >= 0.3 is 0 Å². The first-order chi connectivity index (χ1) is 11.0. The highest BCUT2D eigenvalue weighted by Crippen LogP contribution is 2.27. The summed E-state index contributed by atoms with van der Waals surface area (Å²) in [5.74, 6) is 1.20. The summed E-state index contributed by atoms with van der Waals surface area (Å²) < 4.78 is 37.0. The highest BCUT2D eigenvalue weighted by Gasteiger charge is 2.12. The predicted molar refractivity (Wildman–Crippen MR) is 88.1 cm³/mol. The molecule has 0 amide bonds. The van der Waals surface area contributed by atoms with Gasteiger partial charge in [-0.3, -0.25) is 4.98 Å². The first-order valence-electron chi connectivity index (χ1n) is 7.12. The molecular weight excluding hydrogens is 316 g/mol. The third-order valence-electron chi connectivity index (χ3n) is 3.31. The van der Waals surface area contributed by atoms with Crippen LogP contribution in [0.25, 0.3) is 0 Å². The van der Waals surface area contributed by atoms with Crippen LogP contribution in [0.4, 0.5) is 0 Å². The molecule has 2 aromatic rings. The van der Waals surface area contributed by atoms with E-state index in [0.29, 0.717) is 23.6 Å². The summed E-state index contributed by atoms with van der Waals surface area (Å²) in [4.78, 5) is 4.08. The minimum absolute atomic E-state index is 0.00465. The Bertz CT molecular complexity index is 733. The van der Waals surface area contributed by atoms with Crippen LogP contribution < -0.4 is 14.2 Å². The van der Waals surface area contributed by atoms with Crippen LogP contribution in [0.1, 0.15) is 11.3 Å². The minimum Gasteiger partial charge on any atom is -0.493 e. The molecule has 0 bridgehead atoms. The zero-order valence-electron chi connectivity index (χ0n) is 13.2. The van der Waals surface area contributed by atoms with Crippen LogP contribution in [-0.4, -0.2) is 33.4 Å². The average molecular weight is 336 g/mol. The number of benzene rings is 1. The van der Waals surface area contributed by atoms with E-state index in [4.69, 9.17) is 9.47 Å². The number of aryl methyl sites for hydroxylation is 1. The number of nitrogens with one attached hydrogen (secondary N) is 1. The summed E-state index contributed by atoms with van der Waals surface area (Å²) in [5.41, 5.74) is 1.55. The first-order valence-corrected chi connectivity index (χ1v) is 8.77. The highest BCUT2D eigenvalue weighted by molar-refractivity contribution is 7.89. The Morgan fingerprint density at radius 2 is 1.87 bits per heavy atom. The Morgan fingerprint density at radius 3 is 2.52 bits per heavy atom. The Balaban J connectivity index is 1.94. The van der Waals surface area contributed by atoms with Crippen molar-refractivity contribution in [1.29, 1.82) is 0 Å². The normalized spacial score (nSPS) is 11.2. The van der Waals surface area contributed by atoms with Crippen molar-refractivity contribution < 1.29 is 17.9 Å². The smallest absolute Gasteiger partial charge is 0.212 e. The molecule has 124 valence electrons. The average Bonchev–Trinajstić information content (AvgIpc) is 2.59. The van der Waals surface area contributed by atoms with Gasteiger partial charge in [0.25, 0.3) is 0 Å². The zero-order valence-corrected chi connectivity index (χ0v) is 14.0. The largest absolute Gasteiger partial charge is 0.493 e. The third-order valence-corrected chi connectivity index (χ3v) is 4.63. The quantitative estimate of drug-likeness (QED) is 0.795. The highest BCUT2D eigenvalue weighted by atomic mass is 32.2. The van der Waals surface area contributed by atoms with Crippen molar-refractivity contribution in [3.05, 3.63) is 53.9 Å². The Kier molecular flexibility index (Phi) is 5.95. The van der Waals surface area contributed by atoms with E-state index < -0.39 is 10.0 Å². The van der Waals surface area contributed by atoms with Gasteiger partial charge in [-0.1, -0.05) is 12.1 Å². The minimum atomic E-state index is -3.38. The van der Waals surface area contributed by atoms with E-state index in [2.05, 4.69) is 9.71 Å². The maximum Gasteiger partial charge on any atom is 0.212 e. The molecule has 1 N–H and O–H groups in total. The standard InChI is InChI=1S/C16H20N2O4S/c1-21-15-7-6-13(11-16(15)22-2)8-10-23(19,20)18-12-14-5-3-4-9-17-14/h3-7,9,11,18H,8,10,12H2,1-2H3. The van der Waals surface area contributed by atoms with Crippen molar-refractivity contribution in [1.82, 2.24) is 9.71 Å². The van der Waals surface area contributed by atoms with Crippen LogP contribution in [0.5, 0.6) is 11.5 Å². The van der Waals surface area contributed by atoms with Crippen molar-refractivity contribution >= 4 is 10.0 Å². The van der Waals surface area contributed by atoms with E-state index in [1.807, 2.05) is 12.1 Å². The van der Waals surface area contributed by atoms with E-state index in [1.165, 1.54) is 0 Å². The number of methoxy groups -OCH3 is 2. The summed E-state index contributed by atoms with van der Waals surface area (Å²) in [6.07, 6.45) is 2.02. The molecule has 23 heavy (non-hydrogen) atoms. The van der Waals surface area contributed by atoms with Gasteiger partial charge in [0, 0.05) is 6.20 Å². The molecule has 0 radical (unpaired) electrons. The van der Waals surface area contributed by atoms with Crippen LogP contribution in [0.3, 0.4) is 0 Å². The van der Waals surface area contributed by atoms with Gasteiger partial charge < -0.3 is 9.47 Å². The van der Waals surface area contributed by atoms with Gasteiger partial charge in [-0.25, -0.2) is 13.1 Å². The molecule has 0 spiro atoms. The molecule has 0 saturated heterocycles. The van der Waals surface area contributed by atoms with Gasteiger partial charge in [-0.05, 0) is 36.2 Å². The zero-order chi connectivity index (χ0) is 16.7. The molecule has 0 aliphatic carbocycles. The SMILES string of the molecule is COc1ccc(CCS(=O)(=O)NCc2ccccn2)cc1OC. The fourth-order valence-electron chi connectivity index (χ4n) is 2.05. The first kappa shape index (κ1) is 17.2. The van der Waals surface area contributed by atoms with Gasteiger partial charge in [0.05, 0.1) is 32.2 Å². The molecule has 2 rings (SSSR count). The second-order valence-electron chi connectivity index (χ2n) is 4.90. The number of pyridine rings is 1. The molecule has 0 unspecified atom stereocenters. The molecule has 0 atom stereocenters. The number of rotatable bonds is 8. The summed E-state index contributed by atoms with van der Waals surface area (Å²) >= 11 is 0. The maximum absolute atomic E-state index is 12.1. The van der Waals surface area contributed by atoms with Gasteiger partial charge in [-0.2, -0.15) is 0 Å². The third kappa shape index (κ3) is 5.22. The monoisotopic (exact) mass is 336 g/mol. The summed E-state index contributed by atoms with van der Waals surface area (Å²) in [6, 6.07) is 10.8. The number of nitrogens with zero attached hydrogens (tertiary/aromatic N) is 1. The Morgan fingerprint density at radius 1 is 1.09 bits per heavy atom. The van der Waals surface area contributed by atoms with Crippen LogP contribution in [0, 0.1) is 0 Å². The van der Waals surface area contributed by atoms with Crippen LogP contribution >= 0.6 is 0 Å². The summed E-state index contributed by atoms with van der Waals surface area (Å²) in [7, 11) is -0.268. The molecule has 0 saturated carbocycles. The summed E-state index contributed by atoms with van der Waals surface area (Å²) in [5, 5.41) is 0. The van der Waals surface area contributed by atoms with Gasteiger partial charge in [0.1, 0.15) is 0 Å². The van der Waals surface area contributed by atoms with Crippen LogP contribution in [-0.2, 0) is 23.0 Å². The van der Waals surface area contributed by atoms with Gasteiger partial charge in [-0.15, -0.1) is 0 Å². The second kappa shape index (κ2) is 7.94. The van der Waals surface area contributed by atoms with E-state index in [0.717, 1.165) is 5.56 Å². The Hall–Kier alpha value is -2.12. The number of hydrogen-bond donors (Lipinski definition) is 1. The van der Waals surface area contributed by atoms with E-state index in [-0.39, 0.29) is 12.3 Å². The Labute approximate surface area is 136 Å². The number of sulfonamides is 1. The lowest BCUT2D eigenvalue weighted by Gasteiger charge is -2.10. The molecule has 7 heteroatoms. The molecule has 0 aliphatic rings.